The zero-order valence-electron chi connectivity index (χ0n) is 14.6. The van der Waals surface area contributed by atoms with Crippen LogP contribution >= 0.6 is 0 Å². The van der Waals surface area contributed by atoms with Gasteiger partial charge in [-0.25, -0.2) is 4.39 Å². The molecule has 1 aromatic heterocycles. The van der Waals surface area contributed by atoms with Crippen molar-refractivity contribution in [2.24, 2.45) is 0 Å². The van der Waals surface area contributed by atoms with E-state index in [1.807, 2.05) is 32.7 Å². The van der Waals surface area contributed by atoms with Crippen molar-refractivity contribution < 1.29 is 9.18 Å². The minimum absolute atomic E-state index is 0.0588. The monoisotopic (exact) mass is 330 g/mol. The topological polar surface area (TPSA) is 52.2 Å². The second kappa shape index (κ2) is 6.26. The molecular formula is C18H23FN4O. The first-order valence-electron chi connectivity index (χ1n) is 8.21. The summed E-state index contributed by atoms with van der Waals surface area (Å²) in [5, 5.41) is 7.19. The number of fused-ring (bicyclic) bond motifs is 1. The lowest BCUT2D eigenvalue weighted by Gasteiger charge is -2.36. The van der Waals surface area contributed by atoms with Crippen molar-refractivity contribution in [1.82, 2.24) is 10.2 Å². The highest BCUT2D eigenvalue weighted by Gasteiger charge is 2.27. The predicted molar refractivity (Wildman–Crippen MR) is 93.1 cm³/mol. The SMILES string of the molecule is Cc1n[nH]c(C)c1C(C)CC(=O)N1CCN(C)c2cc(F)ccc21. The normalized spacial score (nSPS) is 15.4. The number of aryl methyl sites for hydroxylation is 2. The average Bonchev–Trinajstić information content (AvgIpc) is 2.87. The summed E-state index contributed by atoms with van der Waals surface area (Å²) in [5.41, 5.74) is 4.60. The lowest BCUT2D eigenvalue weighted by Crippen LogP contribution is -2.43. The van der Waals surface area contributed by atoms with Gasteiger partial charge in [-0.2, -0.15) is 5.10 Å². The lowest BCUT2D eigenvalue weighted by atomic mass is 9.95. The minimum atomic E-state index is -0.284. The number of nitrogens with zero attached hydrogens (tertiary/aromatic N) is 3. The molecule has 0 saturated carbocycles. The molecule has 1 N–H and O–H groups in total. The summed E-state index contributed by atoms with van der Waals surface area (Å²) in [7, 11) is 1.92. The van der Waals surface area contributed by atoms with Crippen molar-refractivity contribution in [2.75, 3.05) is 29.9 Å². The number of anilines is 2. The molecule has 1 aliphatic heterocycles. The van der Waals surface area contributed by atoms with Crippen LogP contribution in [0.3, 0.4) is 0 Å². The lowest BCUT2D eigenvalue weighted by molar-refractivity contribution is -0.118. The molecule has 1 amide bonds. The largest absolute Gasteiger partial charge is 0.371 e. The summed E-state index contributed by atoms with van der Waals surface area (Å²) in [6, 6.07) is 4.59. The molecule has 128 valence electrons. The Labute approximate surface area is 141 Å². The molecule has 3 rings (SSSR count). The van der Waals surface area contributed by atoms with Crippen molar-refractivity contribution in [3.05, 3.63) is 41.0 Å². The van der Waals surface area contributed by atoms with Crippen molar-refractivity contribution in [3.63, 3.8) is 0 Å². The summed E-state index contributed by atoms with van der Waals surface area (Å²) >= 11 is 0. The fourth-order valence-electron chi connectivity index (χ4n) is 3.54. The Morgan fingerprint density at radius 3 is 2.75 bits per heavy atom. The van der Waals surface area contributed by atoms with E-state index in [0.717, 1.165) is 28.3 Å². The van der Waals surface area contributed by atoms with Crippen LogP contribution < -0.4 is 9.80 Å². The van der Waals surface area contributed by atoms with Crippen LogP contribution in [0.4, 0.5) is 15.8 Å². The molecule has 2 heterocycles. The number of likely N-dealkylation sites (N-methyl/N-ethyl adjacent to an activating group) is 1. The number of hydrogen-bond donors (Lipinski definition) is 1. The van der Waals surface area contributed by atoms with Crippen molar-refractivity contribution in [1.29, 1.82) is 0 Å². The number of rotatable bonds is 3. The van der Waals surface area contributed by atoms with Gasteiger partial charge in [-0.15, -0.1) is 0 Å². The van der Waals surface area contributed by atoms with Crippen LogP contribution in [-0.2, 0) is 4.79 Å². The summed E-state index contributed by atoms with van der Waals surface area (Å²) in [6.45, 7) is 7.28. The Kier molecular flexibility index (Phi) is 4.30. The fourth-order valence-corrected chi connectivity index (χ4v) is 3.54. The Morgan fingerprint density at radius 1 is 1.33 bits per heavy atom. The van der Waals surface area contributed by atoms with E-state index in [4.69, 9.17) is 0 Å². The van der Waals surface area contributed by atoms with Gasteiger partial charge < -0.3 is 9.80 Å². The molecule has 1 atom stereocenters. The summed E-state index contributed by atoms with van der Waals surface area (Å²) in [5.74, 6) is -0.142. The maximum absolute atomic E-state index is 13.5. The second-order valence-corrected chi connectivity index (χ2v) is 6.55. The molecule has 6 heteroatoms. The Balaban J connectivity index is 1.83. The standard InChI is InChI=1S/C18H23FN4O/c1-11(18-12(2)20-21-13(18)3)9-17(24)23-8-7-22(4)16-10-14(19)5-6-15(16)23/h5-6,10-11H,7-9H2,1-4H3,(H,20,21). The number of H-pyrrole nitrogens is 1. The van der Waals surface area contributed by atoms with Crippen LogP contribution in [0.15, 0.2) is 18.2 Å². The number of amides is 1. The third kappa shape index (κ3) is 2.88. The van der Waals surface area contributed by atoms with Gasteiger partial charge in [-0.1, -0.05) is 6.92 Å². The van der Waals surface area contributed by atoms with Gasteiger partial charge in [-0.3, -0.25) is 9.89 Å². The molecule has 0 fully saturated rings. The van der Waals surface area contributed by atoms with Crippen molar-refractivity contribution in [3.8, 4) is 0 Å². The molecule has 0 radical (unpaired) electrons. The molecule has 24 heavy (non-hydrogen) atoms. The number of hydrogen-bond acceptors (Lipinski definition) is 3. The summed E-state index contributed by atoms with van der Waals surface area (Å²) in [4.78, 5) is 16.6. The maximum Gasteiger partial charge on any atom is 0.227 e. The number of nitrogens with one attached hydrogen (secondary N) is 1. The predicted octanol–water partition coefficient (Wildman–Crippen LogP) is 3.14. The first kappa shape index (κ1) is 16.5. The Bertz CT molecular complexity index is 751. The highest BCUT2D eigenvalue weighted by molar-refractivity contribution is 5.98. The minimum Gasteiger partial charge on any atom is -0.371 e. The van der Waals surface area contributed by atoms with E-state index in [0.29, 0.717) is 19.5 Å². The zero-order valence-corrected chi connectivity index (χ0v) is 14.6. The van der Waals surface area contributed by atoms with Gasteiger partial charge in [0.15, 0.2) is 0 Å². The van der Waals surface area contributed by atoms with Crippen LogP contribution in [0.2, 0.25) is 0 Å². The highest BCUT2D eigenvalue weighted by Crippen LogP contribution is 2.34. The van der Waals surface area contributed by atoms with Gasteiger partial charge in [0.2, 0.25) is 5.91 Å². The average molecular weight is 330 g/mol. The third-order valence-electron chi connectivity index (χ3n) is 4.76. The van der Waals surface area contributed by atoms with Gasteiger partial charge in [-0.05, 0) is 43.5 Å². The van der Waals surface area contributed by atoms with Gasteiger partial charge >= 0.3 is 0 Å². The fraction of sp³-hybridized carbons (Fsp3) is 0.444. The molecular weight excluding hydrogens is 307 g/mol. The number of aromatic nitrogens is 2. The molecule has 2 aromatic rings. The van der Waals surface area contributed by atoms with Gasteiger partial charge in [0, 0.05) is 32.3 Å². The van der Waals surface area contributed by atoms with E-state index in [1.165, 1.54) is 12.1 Å². The Hall–Kier alpha value is -2.37. The number of carbonyl (C=O) groups excluding carboxylic acids is 1. The summed E-state index contributed by atoms with van der Waals surface area (Å²) in [6.07, 6.45) is 0.405. The highest BCUT2D eigenvalue weighted by atomic mass is 19.1. The molecule has 0 aliphatic carbocycles. The molecule has 5 nitrogen and oxygen atoms in total. The van der Waals surface area contributed by atoms with Crippen LogP contribution in [0.25, 0.3) is 0 Å². The number of carbonyl (C=O) groups is 1. The van der Waals surface area contributed by atoms with E-state index in [2.05, 4.69) is 10.2 Å². The maximum atomic E-state index is 13.5. The van der Waals surface area contributed by atoms with Crippen LogP contribution in [0, 0.1) is 19.7 Å². The van der Waals surface area contributed by atoms with E-state index in [-0.39, 0.29) is 17.6 Å². The molecule has 0 bridgehead atoms. The summed E-state index contributed by atoms with van der Waals surface area (Å²) < 4.78 is 13.5. The molecule has 0 spiro atoms. The van der Waals surface area contributed by atoms with Gasteiger partial charge in [0.25, 0.3) is 0 Å². The number of benzene rings is 1. The van der Waals surface area contributed by atoms with Gasteiger partial charge in [0.05, 0.1) is 17.1 Å². The first-order chi connectivity index (χ1) is 11.4. The van der Waals surface area contributed by atoms with E-state index < -0.39 is 0 Å². The van der Waals surface area contributed by atoms with E-state index in [9.17, 15) is 9.18 Å². The zero-order chi connectivity index (χ0) is 17.4. The quantitative estimate of drug-likeness (QED) is 0.940. The molecule has 1 aliphatic rings. The van der Waals surface area contributed by atoms with E-state index in [1.54, 1.807) is 11.0 Å². The number of aromatic amines is 1. The van der Waals surface area contributed by atoms with E-state index >= 15 is 0 Å². The molecule has 1 aromatic carbocycles. The second-order valence-electron chi connectivity index (χ2n) is 6.55. The van der Waals surface area contributed by atoms with Crippen molar-refractivity contribution >= 4 is 17.3 Å². The van der Waals surface area contributed by atoms with Crippen molar-refractivity contribution in [2.45, 2.75) is 33.1 Å². The molecule has 0 saturated heterocycles. The number of halogens is 1. The smallest absolute Gasteiger partial charge is 0.227 e. The molecule has 1 unspecified atom stereocenters. The third-order valence-corrected chi connectivity index (χ3v) is 4.76. The first-order valence-corrected chi connectivity index (χ1v) is 8.21. The Morgan fingerprint density at radius 2 is 2.08 bits per heavy atom. The van der Waals surface area contributed by atoms with Gasteiger partial charge in [0.1, 0.15) is 5.82 Å². The van der Waals surface area contributed by atoms with Crippen LogP contribution in [0.1, 0.15) is 36.2 Å². The van der Waals surface area contributed by atoms with Crippen LogP contribution in [-0.4, -0.2) is 36.2 Å². The van der Waals surface area contributed by atoms with Crippen LogP contribution in [0.5, 0.6) is 0 Å².